The maximum absolute atomic E-state index is 11.6. The molecule has 1 N–H and O–H groups in total. The molecule has 0 aliphatic heterocycles. The van der Waals surface area contributed by atoms with Gasteiger partial charge in [-0.15, -0.1) is 0 Å². The number of esters is 2. The highest BCUT2D eigenvalue weighted by atomic mass is 16.6. The predicted molar refractivity (Wildman–Crippen MR) is 90.4 cm³/mol. The van der Waals surface area contributed by atoms with Crippen molar-refractivity contribution in [3.05, 3.63) is 0 Å². The molecule has 0 aromatic rings. The van der Waals surface area contributed by atoms with Crippen LogP contribution in [0.1, 0.15) is 78.1 Å². The van der Waals surface area contributed by atoms with Crippen molar-refractivity contribution in [3.8, 4) is 0 Å². The Morgan fingerprint density at radius 2 is 1.46 bits per heavy atom. The van der Waals surface area contributed by atoms with Crippen LogP contribution in [0, 0.1) is 0 Å². The zero-order valence-electron chi connectivity index (χ0n) is 15.1. The van der Waals surface area contributed by atoms with E-state index in [9.17, 15) is 14.4 Å². The van der Waals surface area contributed by atoms with Gasteiger partial charge in [-0.2, -0.15) is 0 Å². The fourth-order valence-electron chi connectivity index (χ4n) is 2.20. The standard InChI is InChI=1S/C18H32O6/c1-3-4-5-6-7-8-9-10-11-12-17(21)23-14-16(13-19)24-18(22)15(2)20/h16,19H,3-14H2,1-2H3. The lowest BCUT2D eigenvalue weighted by atomic mass is 10.1. The van der Waals surface area contributed by atoms with E-state index in [1.54, 1.807) is 0 Å². The number of hydrogen-bond acceptors (Lipinski definition) is 6. The van der Waals surface area contributed by atoms with E-state index in [0.717, 1.165) is 26.2 Å². The first kappa shape index (κ1) is 22.6. The second kappa shape index (κ2) is 15.1. The molecule has 0 aliphatic rings. The molecule has 0 aromatic carbocycles. The van der Waals surface area contributed by atoms with Crippen LogP contribution in [0.25, 0.3) is 0 Å². The van der Waals surface area contributed by atoms with Crippen LogP contribution in [0.2, 0.25) is 0 Å². The summed E-state index contributed by atoms with van der Waals surface area (Å²) < 4.78 is 9.65. The summed E-state index contributed by atoms with van der Waals surface area (Å²) in [7, 11) is 0. The van der Waals surface area contributed by atoms with Gasteiger partial charge in [0.05, 0.1) is 6.61 Å². The number of ether oxygens (including phenoxy) is 2. The van der Waals surface area contributed by atoms with Gasteiger partial charge in [-0.25, -0.2) is 4.79 Å². The topological polar surface area (TPSA) is 89.9 Å². The van der Waals surface area contributed by atoms with Crippen molar-refractivity contribution < 1.29 is 29.0 Å². The van der Waals surface area contributed by atoms with Crippen molar-refractivity contribution >= 4 is 17.7 Å². The van der Waals surface area contributed by atoms with Gasteiger partial charge in [-0.1, -0.05) is 58.3 Å². The number of unbranched alkanes of at least 4 members (excludes halogenated alkanes) is 8. The van der Waals surface area contributed by atoms with Gasteiger partial charge in [0, 0.05) is 13.3 Å². The largest absolute Gasteiger partial charge is 0.462 e. The van der Waals surface area contributed by atoms with E-state index in [-0.39, 0.29) is 12.6 Å². The first-order valence-corrected chi connectivity index (χ1v) is 8.99. The summed E-state index contributed by atoms with van der Waals surface area (Å²) in [5.74, 6) is -2.17. The van der Waals surface area contributed by atoms with Crippen LogP contribution in [0.3, 0.4) is 0 Å². The number of carbonyl (C=O) groups excluding carboxylic acids is 3. The summed E-state index contributed by atoms with van der Waals surface area (Å²) in [6, 6.07) is 0. The average Bonchev–Trinajstić information content (AvgIpc) is 2.56. The third kappa shape index (κ3) is 13.0. The Balaban J connectivity index is 3.61. The highest BCUT2D eigenvalue weighted by molar-refractivity contribution is 6.32. The van der Waals surface area contributed by atoms with Crippen molar-refractivity contribution in [2.24, 2.45) is 0 Å². The van der Waals surface area contributed by atoms with E-state index in [0.29, 0.717) is 6.42 Å². The van der Waals surface area contributed by atoms with Crippen LogP contribution >= 0.6 is 0 Å². The molecule has 0 spiro atoms. The zero-order chi connectivity index (χ0) is 18.2. The van der Waals surface area contributed by atoms with Crippen LogP contribution in [-0.4, -0.2) is 42.1 Å². The van der Waals surface area contributed by atoms with Gasteiger partial charge in [0.25, 0.3) is 0 Å². The number of aliphatic hydroxyl groups is 1. The van der Waals surface area contributed by atoms with Gasteiger partial charge < -0.3 is 14.6 Å². The van der Waals surface area contributed by atoms with E-state index < -0.39 is 24.5 Å². The van der Waals surface area contributed by atoms with Crippen LogP contribution in [-0.2, 0) is 23.9 Å². The number of carbonyl (C=O) groups is 3. The Hall–Kier alpha value is -1.43. The van der Waals surface area contributed by atoms with Crippen molar-refractivity contribution in [2.45, 2.75) is 84.2 Å². The Kier molecular flexibility index (Phi) is 14.2. The summed E-state index contributed by atoms with van der Waals surface area (Å²) in [6.45, 7) is 2.55. The molecule has 0 radical (unpaired) electrons. The molecule has 0 fully saturated rings. The zero-order valence-corrected chi connectivity index (χ0v) is 15.1. The molecule has 0 aliphatic carbocycles. The molecule has 0 heterocycles. The summed E-state index contributed by atoms with van der Waals surface area (Å²) in [5.41, 5.74) is 0. The van der Waals surface area contributed by atoms with Crippen molar-refractivity contribution in [1.29, 1.82) is 0 Å². The fraction of sp³-hybridized carbons (Fsp3) is 0.833. The molecule has 140 valence electrons. The minimum atomic E-state index is -1.04. The van der Waals surface area contributed by atoms with Crippen molar-refractivity contribution in [2.75, 3.05) is 13.2 Å². The maximum atomic E-state index is 11.6. The van der Waals surface area contributed by atoms with Gasteiger partial charge >= 0.3 is 11.9 Å². The van der Waals surface area contributed by atoms with E-state index in [1.807, 2.05) is 0 Å². The minimum Gasteiger partial charge on any atom is -0.462 e. The van der Waals surface area contributed by atoms with E-state index in [4.69, 9.17) is 14.6 Å². The molecule has 0 saturated carbocycles. The van der Waals surface area contributed by atoms with Gasteiger partial charge in [0.1, 0.15) is 6.61 Å². The summed E-state index contributed by atoms with van der Waals surface area (Å²) in [4.78, 5) is 33.4. The Morgan fingerprint density at radius 3 is 1.96 bits per heavy atom. The van der Waals surface area contributed by atoms with Crippen LogP contribution in [0.4, 0.5) is 0 Å². The minimum absolute atomic E-state index is 0.230. The molecule has 24 heavy (non-hydrogen) atoms. The molecule has 0 bridgehead atoms. The fourth-order valence-corrected chi connectivity index (χ4v) is 2.20. The van der Waals surface area contributed by atoms with Gasteiger partial charge in [0.2, 0.25) is 5.78 Å². The summed E-state index contributed by atoms with van der Waals surface area (Å²) >= 11 is 0. The number of ketones is 1. The molecular formula is C18H32O6. The lowest BCUT2D eigenvalue weighted by Crippen LogP contribution is -2.30. The molecule has 0 aromatic heterocycles. The second-order valence-corrected chi connectivity index (χ2v) is 6.03. The normalized spacial score (nSPS) is 11.8. The van der Waals surface area contributed by atoms with Gasteiger partial charge in [-0.05, 0) is 6.42 Å². The highest BCUT2D eigenvalue weighted by Gasteiger charge is 2.18. The Morgan fingerprint density at radius 1 is 0.917 bits per heavy atom. The van der Waals surface area contributed by atoms with Crippen LogP contribution in [0.5, 0.6) is 0 Å². The first-order chi connectivity index (χ1) is 11.5. The van der Waals surface area contributed by atoms with E-state index >= 15 is 0 Å². The SMILES string of the molecule is CCCCCCCCCCCC(=O)OCC(CO)OC(=O)C(C)=O. The Labute approximate surface area is 144 Å². The van der Waals surface area contributed by atoms with E-state index in [2.05, 4.69) is 6.92 Å². The lowest BCUT2D eigenvalue weighted by molar-refractivity contribution is -0.165. The molecule has 0 amide bonds. The number of aliphatic hydroxyl groups excluding tert-OH is 1. The maximum Gasteiger partial charge on any atom is 0.374 e. The van der Waals surface area contributed by atoms with Gasteiger partial charge in [0.15, 0.2) is 6.10 Å². The highest BCUT2D eigenvalue weighted by Crippen LogP contribution is 2.10. The first-order valence-electron chi connectivity index (χ1n) is 8.99. The number of Topliss-reactive ketones (excluding diaryl/α,β-unsaturated/α-hetero) is 1. The predicted octanol–water partition coefficient (Wildman–Crippen LogP) is 2.94. The molecule has 0 saturated heterocycles. The average molecular weight is 344 g/mol. The van der Waals surface area contributed by atoms with Crippen molar-refractivity contribution in [3.63, 3.8) is 0 Å². The molecule has 1 unspecified atom stereocenters. The quantitative estimate of drug-likeness (QED) is 0.279. The summed E-state index contributed by atoms with van der Waals surface area (Å²) in [6.07, 6.45) is 9.82. The van der Waals surface area contributed by atoms with Crippen molar-refractivity contribution in [1.82, 2.24) is 0 Å². The third-order valence-electron chi connectivity index (χ3n) is 3.68. The summed E-state index contributed by atoms with van der Waals surface area (Å²) in [5, 5.41) is 9.04. The molecule has 1 atom stereocenters. The monoisotopic (exact) mass is 344 g/mol. The van der Waals surface area contributed by atoms with Crippen LogP contribution < -0.4 is 0 Å². The third-order valence-corrected chi connectivity index (χ3v) is 3.68. The molecule has 0 rings (SSSR count). The second-order valence-electron chi connectivity index (χ2n) is 6.03. The molecule has 6 nitrogen and oxygen atoms in total. The lowest BCUT2D eigenvalue weighted by Gasteiger charge is -2.14. The Bertz CT molecular complexity index is 367. The van der Waals surface area contributed by atoms with Crippen LogP contribution in [0.15, 0.2) is 0 Å². The number of rotatable bonds is 15. The van der Waals surface area contributed by atoms with E-state index in [1.165, 1.54) is 38.5 Å². The number of hydrogen-bond donors (Lipinski definition) is 1. The van der Waals surface area contributed by atoms with Gasteiger partial charge in [-0.3, -0.25) is 9.59 Å². The molecular weight excluding hydrogens is 312 g/mol. The smallest absolute Gasteiger partial charge is 0.374 e. The molecule has 6 heteroatoms.